The molecule has 0 unspecified atom stereocenters. The van der Waals surface area contributed by atoms with Crippen molar-refractivity contribution >= 4 is 5.78 Å². The predicted molar refractivity (Wildman–Crippen MR) is 62.9 cm³/mol. The number of Topliss-reactive ketones (excluding diaryl/α,β-unsaturated/α-hetero) is 1. The highest BCUT2D eigenvalue weighted by Crippen LogP contribution is 2.29. The molecular weight excluding hydrogens is 257 g/mol. The Bertz CT molecular complexity index is 597. The van der Waals surface area contributed by atoms with Crippen LogP contribution in [0, 0.1) is 6.92 Å². The summed E-state index contributed by atoms with van der Waals surface area (Å²) in [5, 5.41) is 0. The topological polar surface area (TPSA) is 30.2 Å². The van der Waals surface area contributed by atoms with Gasteiger partial charge in [-0.15, -0.1) is 0 Å². The van der Waals surface area contributed by atoms with Crippen molar-refractivity contribution in [2.75, 3.05) is 0 Å². The summed E-state index contributed by atoms with van der Waals surface area (Å²) in [7, 11) is 0. The number of hydrogen-bond acceptors (Lipinski definition) is 2. The monoisotopic (exact) mass is 268 g/mol. The smallest absolute Gasteiger partial charge is 0.416 e. The second-order valence-corrected chi connectivity index (χ2v) is 4.19. The van der Waals surface area contributed by atoms with Gasteiger partial charge in [0.25, 0.3) is 0 Å². The minimum atomic E-state index is -4.40. The van der Waals surface area contributed by atoms with Crippen LogP contribution in [0.3, 0.4) is 0 Å². The Morgan fingerprint density at radius 1 is 1.26 bits per heavy atom. The fourth-order valence-electron chi connectivity index (χ4n) is 1.81. The Morgan fingerprint density at radius 2 is 2.00 bits per heavy atom. The van der Waals surface area contributed by atoms with Crippen molar-refractivity contribution in [1.29, 1.82) is 0 Å². The first-order chi connectivity index (χ1) is 8.88. The van der Waals surface area contributed by atoms with Gasteiger partial charge in [-0.25, -0.2) is 0 Å². The minimum Gasteiger partial charge on any atom is -0.469 e. The van der Waals surface area contributed by atoms with Crippen molar-refractivity contribution in [3.8, 4) is 0 Å². The van der Waals surface area contributed by atoms with Gasteiger partial charge in [0.15, 0.2) is 5.78 Å². The first-order valence-electron chi connectivity index (χ1n) is 5.61. The van der Waals surface area contributed by atoms with Crippen LogP contribution in [0.15, 0.2) is 41.0 Å². The van der Waals surface area contributed by atoms with Crippen LogP contribution in [0.5, 0.6) is 0 Å². The van der Waals surface area contributed by atoms with Crippen LogP contribution in [0.1, 0.15) is 27.2 Å². The summed E-state index contributed by atoms with van der Waals surface area (Å²) in [4.78, 5) is 11.9. The Balaban J connectivity index is 2.21. The number of carbonyl (C=O) groups excluding carboxylic acids is 1. The molecule has 0 atom stereocenters. The zero-order valence-corrected chi connectivity index (χ0v) is 10.1. The normalized spacial score (nSPS) is 11.6. The van der Waals surface area contributed by atoms with Gasteiger partial charge in [0.2, 0.25) is 0 Å². The molecule has 0 radical (unpaired) electrons. The summed E-state index contributed by atoms with van der Waals surface area (Å²) in [6, 6.07) is 6.30. The lowest BCUT2D eigenvalue weighted by Gasteiger charge is -2.08. The molecule has 100 valence electrons. The van der Waals surface area contributed by atoms with E-state index in [0.717, 1.165) is 12.1 Å². The third-order valence-electron chi connectivity index (χ3n) is 2.78. The number of hydrogen-bond donors (Lipinski definition) is 0. The van der Waals surface area contributed by atoms with E-state index in [1.54, 1.807) is 6.92 Å². The molecule has 19 heavy (non-hydrogen) atoms. The Hall–Kier alpha value is -2.04. The van der Waals surface area contributed by atoms with Crippen molar-refractivity contribution in [3.05, 3.63) is 59.0 Å². The maximum Gasteiger partial charge on any atom is 0.416 e. The maximum atomic E-state index is 12.5. The predicted octanol–water partition coefficient (Wildman–Crippen LogP) is 4.03. The zero-order valence-electron chi connectivity index (χ0n) is 10.1. The summed E-state index contributed by atoms with van der Waals surface area (Å²) in [6.07, 6.45) is -3.09. The third kappa shape index (κ3) is 3.05. The molecule has 0 aliphatic carbocycles. The number of aryl methyl sites for hydroxylation is 1. The minimum absolute atomic E-state index is 0.0791. The van der Waals surface area contributed by atoms with Crippen LogP contribution >= 0.6 is 0 Å². The first kappa shape index (κ1) is 13.4. The zero-order chi connectivity index (χ0) is 14.0. The van der Waals surface area contributed by atoms with E-state index in [2.05, 4.69) is 0 Å². The molecule has 0 saturated heterocycles. The highest BCUT2D eigenvalue weighted by molar-refractivity contribution is 5.98. The van der Waals surface area contributed by atoms with Gasteiger partial charge in [0.1, 0.15) is 5.76 Å². The number of benzene rings is 1. The van der Waals surface area contributed by atoms with Crippen LogP contribution in [-0.4, -0.2) is 5.78 Å². The molecule has 0 fully saturated rings. The molecule has 0 amide bonds. The van der Waals surface area contributed by atoms with E-state index in [4.69, 9.17) is 4.42 Å². The molecule has 0 N–H and O–H groups in total. The van der Waals surface area contributed by atoms with Gasteiger partial charge < -0.3 is 4.42 Å². The van der Waals surface area contributed by atoms with E-state index in [1.165, 1.54) is 24.5 Å². The van der Waals surface area contributed by atoms with Crippen molar-refractivity contribution in [2.24, 2.45) is 0 Å². The molecule has 0 aliphatic heterocycles. The lowest BCUT2D eigenvalue weighted by Crippen LogP contribution is -2.08. The van der Waals surface area contributed by atoms with Crippen LogP contribution in [-0.2, 0) is 12.6 Å². The van der Waals surface area contributed by atoms with Gasteiger partial charge in [0.05, 0.1) is 17.4 Å². The highest BCUT2D eigenvalue weighted by atomic mass is 19.4. The average molecular weight is 268 g/mol. The molecule has 0 aliphatic rings. The summed E-state index contributed by atoms with van der Waals surface area (Å²) in [5.41, 5.74) is -0.0143. The van der Waals surface area contributed by atoms with E-state index in [-0.39, 0.29) is 12.2 Å². The molecule has 2 aromatic rings. The lowest BCUT2D eigenvalue weighted by atomic mass is 10.0. The number of alkyl halides is 3. The molecular formula is C14H11F3O2. The Kier molecular flexibility index (Phi) is 3.46. The quantitative estimate of drug-likeness (QED) is 0.787. The lowest BCUT2D eigenvalue weighted by molar-refractivity contribution is -0.137. The fraction of sp³-hybridized carbons (Fsp3) is 0.214. The Morgan fingerprint density at radius 3 is 2.58 bits per heavy atom. The molecule has 0 bridgehead atoms. The first-order valence-corrected chi connectivity index (χ1v) is 5.61. The van der Waals surface area contributed by atoms with E-state index >= 15 is 0 Å². The van der Waals surface area contributed by atoms with Gasteiger partial charge in [0, 0.05) is 6.42 Å². The molecule has 1 aromatic carbocycles. The SMILES string of the molecule is Cc1occc1C(=O)Cc1cccc(C(F)(F)F)c1. The van der Waals surface area contributed by atoms with Gasteiger partial charge >= 0.3 is 6.18 Å². The molecule has 0 spiro atoms. The van der Waals surface area contributed by atoms with Crippen LogP contribution in [0.4, 0.5) is 13.2 Å². The van der Waals surface area contributed by atoms with Gasteiger partial charge in [-0.05, 0) is 24.6 Å². The van der Waals surface area contributed by atoms with Crippen molar-refractivity contribution in [3.63, 3.8) is 0 Å². The third-order valence-corrected chi connectivity index (χ3v) is 2.78. The molecule has 1 aromatic heterocycles. The van der Waals surface area contributed by atoms with Gasteiger partial charge in [-0.3, -0.25) is 4.79 Å². The van der Waals surface area contributed by atoms with Crippen molar-refractivity contribution in [2.45, 2.75) is 19.5 Å². The van der Waals surface area contributed by atoms with Crippen LogP contribution in [0.25, 0.3) is 0 Å². The number of ketones is 1. The molecule has 2 nitrogen and oxygen atoms in total. The van der Waals surface area contributed by atoms with Crippen molar-refractivity contribution in [1.82, 2.24) is 0 Å². The standard InChI is InChI=1S/C14H11F3O2/c1-9-12(5-6-19-9)13(18)8-10-3-2-4-11(7-10)14(15,16)17/h2-7H,8H2,1H3. The number of rotatable bonds is 3. The summed E-state index contributed by atoms with van der Waals surface area (Å²) in [6.45, 7) is 1.64. The average Bonchev–Trinajstić information content (AvgIpc) is 2.75. The van der Waals surface area contributed by atoms with E-state index in [1.807, 2.05) is 0 Å². The molecule has 5 heteroatoms. The van der Waals surface area contributed by atoms with E-state index in [9.17, 15) is 18.0 Å². The largest absolute Gasteiger partial charge is 0.469 e. The Labute approximate surface area is 107 Å². The second kappa shape index (κ2) is 4.91. The van der Waals surface area contributed by atoms with E-state index < -0.39 is 11.7 Å². The highest BCUT2D eigenvalue weighted by Gasteiger charge is 2.30. The number of furan rings is 1. The molecule has 1 heterocycles. The van der Waals surface area contributed by atoms with E-state index in [0.29, 0.717) is 16.9 Å². The summed E-state index contributed by atoms with van der Waals surface area (Å²) in [5.74, 6) is 0.211. The number of carbonyl (C=O) groups is 1. The molecule has 0 saturated carbocycles. The summed E-state index contributed by atoms with van der Waals surface area (Å²) < 4.78 is 42.6. The van der Waals surface area contributed by atoms with Gasteiger partial charge in [-0.2, -0.15) is 13.2 Å². The maximum absolute atomic E-state index is 12.5. The second-order valence-electron chi connectivity index (χ2n) is 4.19. The van der Waals surface area contributed by atoms with Crippen molar-refractivity contribution < 1.29 is 22.4 Å². The van der Waals surface area contributed by atoms with Crippen LogP contribution < -0.4 is 0 Å². The summed E-state index contributed by atoms with van der Waals surface area (Å²) >= 11 is 0. The number of halogens is 3. The van der Waals surface area contributed by atoms with Gasteiger partial charge in [-0.1, -0.05) is 18.2 Å². The molecule has 2 rings (SSSR count). The van der Waals surface area contributed by atoms with Crippen LogP contribution in [0.2, 0.25) is 0 Å². The fourth-order valence-corrected chi connectivity index (χ4v) is 1.81.